The van der Waals surface area contributed by atoms with Gasteiger partial charge in [-0.25, -0.2) is 4.98 Å². The highest BCUT2D eigenvalue weighted by atomic mass is 35.5. The molecule has 0 spiro atoms. The molecule has 0 amide bonds. The molecule has 0 aliphatic carbocycles. The molecule has 3 rings (SSSR count). The Hall–Kier alpha value is -1.06. The average molecular weight is 250 g/mol. The van der Waals surface area contributed by atoms with Crippen LogP contribution in [0.2, 0.25) is 5.02 Å². The highest BCUT2D eigenvalue weighted by Gasteiger charge is 2.11. The summed E-state index contributed by atoms with van der Waals surface area (Å²) in [4.78, 5) is 7.10. The zero-order chi connectivity index (χ0) is 11.7. The van der Waals surface area contributed by atoms with E-state index in [4.69, 9.17) is 11.6 Å². The van der Waals surface area contributed by atoms with Crippen molar-refractivity contribution in [2.45, 2.75) is 19.3 Å². The minimum absolute atomic E-state index is 0.751. The zero-order valence-corrected chi connectivity index (χ0v) is 10.5. The van der Waals surface area contributed by atoms with Crippen LogP contribution in [0.1, 0.15) is 18.5 Å². The Labute approximate surface area is 106 Å². The van der Waals surface area contributed by atoms with E-state index in [-0.39, 0.29) is 0 Å². The van der Waals surface area contributed by atoms with Gasteiger partial charge in [0.1, 0.15) is 5.65 Å². The van der Waals surface area contributed by atoms with Gasteiger partial charge in [-0.2, -0.15) is 0 Å². The van der Waals surface area contributed by atoms with E-state index in [0.29, 0.717) is 0 Å². The second-order valence-electron chi connectivity index (χ2n) is 4.64. The van der Waals surface area contributed by atoms with Crippen LogP contribution in [0.3, 0.4) is 0 Å². The van der Waals surface area contributed by atoms with Crippen molar-refractivity contribution in [1.29, 1.82) is 0 Å². The van der Waals surface area contributed by atoms with Crippen LogP contribution < -0.4 is 0 Å². The SMILES string of the molecule is Clc1ccc2nc(CCN3CCCC3)cn2c1. The second kappa shape index (κ2) is 4.67. The molecule has 0 unspecified atom stereocenters. The van der Waals surface area contributed by atoms with E-state index in [1.165, 1.54) is 25.9 Å². The lowest BCUT2D eigenvalue weighted by molar-refractivity contribution is 0.342. The fourth-order valence-corrected chi connectivity index (χ4v) is 2.58. The molecule has 3 heterocycles. The van der Waals surface area contributed by atoms with E-state index in [1.54, 1.807) is 0 Å². The fourth-order valence-electron chi connectivity index (χ4n) is 2.42. The third-order valence-corrected chi connectivity index (χ3v) is 3.57. The first-order valence-electron chi connectivity index (χ1n) is 6.17. The van der Waals surface area contributed by atoms with Crippen LogP contribution >= 0.6 is 11.6 Å². The van der Waals surface area contributed by atoms with Gasteiger partial charge in [0, 0.05) is 25.4 Å². The van der Waals surface area contributed by atoms with Gasteiger partial charge in [0.2, 0.25) is 0 Å². The monoisotopic (exact) mass is 249 g/mol. The van der Waals surface area contributed by atoms with E-state index >= 15 is 0 Å². The van der Waals surface area contributed by atoms with Gasteiger partial charge >= 0.3 is 0 Å². The molecular formula is C13H16ClN3. The van der Waals surface area contributed by atoms with Gasteiger partial charge in [0.25, 0.3) is 0 Å². The van der Waals surface area contributed by atoms with Gasteiger partial charge in [-0.05, 0) is 38.1 Å². The highest BCUT2D eigenvalue weighted by Crippen LogP contribution is 2.13. The van der Waals surface area contributed by atoms with Crippen LogP contribution in [-0.2, 0) is 6.42 Å². The fraction of sp³-hybridized carbons (Fsp3) is 0.462. The van der Waals surface area contributed by atoms with Crippen LogP contribution in [0.25, 0.3) is 5.65 Å². The number of aromatic nitrogens is 2. The Kier molecular flexibility index (Phi) is 3.04. The Morgan fingerprint density at radius 3 is 2.82 bits per heavy atom. The van der Waals surface area contributed by atoms with Crippen molar-refractivity contribution in [2.75, 3.05) is 19.6 Å². The van der Waals surface area contributed by atoms with Gasteiger partial charge in [0.05, 0.1) is 10.7 Å². The van der Waals surface area contributed by atoms with Crippen molar-refractivity contribution >= 4 is 17.2 Å². The second-order valence-corrected chi connectivity index (χ2v) is 5.08. The summed E-state index contributed by atoms with van der Waals surface area (Å²) in [6.07, 6.45) is 7.71. The van der Waals surface area contributed by atoms with E-state index in [9.17, 15) is 0 Å². The maximum Gasteiger partial charge on any atom is 0.137 e. The molecule has 0 aromatic carbocycles. The first kappa shape index (κ1) is 11.1. The van der Waals surface area contributed by atoms with E-state index < -0.39 is 0 Å². The molecule has 0 N–H and O–H groups in total. The van der Waals surface area contributed by atoms with Gasteiger partial charge in [-0.15, -0.1) is 0 Å². The Balaban J connectivity index is 1.72. The number of halogens is 1. The summed E-state index contributed by atoms with van der Waals surface area (Å²) in [7, 11) is 0. The van der Waals surface area contributed by atoms with Crippen LogP contribution in [-0.4, -0.2) is 33.9 Å². The quantitative estimate of drug-likeness (QED) is 0.834. The van der Waals surface area contributed by atoms with Gasteiger partial charge in [-0.1, -0.05) is 11.6 Å². The zero-order valence-electron chi connectivity index (χ0n) is 9.77. The minimum Gasteiger partial charge on any atom is -0.305 e. The number of hydrogen-bond acceptors (Lipinski definition) is 2. The summed E-state index contributed by atoms with van der Waals surface area (Å²) in [6.45, 7) is 3.62. The Bertz CT molecular complexity index is 514. The molecule has 1 saturated heterocycles. The van der Waals surface area contributed by atoms with Crippen LogP contribution in [0.15, 0.2) is 24.5 Å². The molecule has 4 heteroatoms. The predicted octanol–water partition coefficient (Wildman–Crippen LogP) is 2.63. The topological polar surface area (TPSA) is 20.5 Å². The number of fused-ring (bicyclic) bond motifs is 1. The molecule has 2 aromatic heterocycles. The molecule has 17 heavy (non-hydrogen) atoms. The normalized spacial score (nSPS) is 17.0. The predicted molar refractivity (Wildman–Crippen MR) is 69.6 cm³/mol. The first-order chi connectivity index (χ1) is 8.31. The largest absolute Gasteiger partial charge is 0.305 e. The van der Waals surface area contributed by atoms with E-state index in [1.807, 2.05) is 22.7 Å². The molecule has 0 atom stereocenters. The maximum atomic E-state index is 5.95. The lowest BCUT2D eigenvalue weighted by Crippen LogP contribution is -2.21. The summed E-state index contributed by atoms with van der Waals surface area (Å²) in [5.41, 5.74) is 2.13. The molecule has 3 nitrogen and oxygen atoms in total. The van der Waals surface area contributed by atoms with E-state index in [2.05, 4.69) is 16.1 Å². The van der Waals surface area contributed by atoms with Crippen molar-refractivity contribution in [3.8, 4) is 0 Å². The van der Waals surface area contributed by atoms with E-state index in [0.717, 1.165) is 29.3 Å². The molecule has 1 aliphatic rings. The third-order valence-electron chi connectivity index (χ3n) is 3.35. The molecule has 0 bridgehead atoms. The standard InChI is InChI=1S/C13H16ClN3/c14-11-3-4-13-15-12(10-17(13)9-11)5-8-16-6-1-2-7-16/h3-4,9-10H,1-2,5-8H2. The van der Waals surface area contributed by atoms with Crippen molar-refractivity contribution in [2.24, 2.45) is 0 Å². The van der Waals surface area contributed by atoms with Gasteiger partial charge < -0.3 is 9.30 Å². The van der Waals surface area contributed by atoms with Crippen LogP contribution in [0.4, 0.5) is 0 Å². The Morgan fingerprint density at radius 2 is 2.00 bits per heavy atom. The average Bonchev–Trinajstić information content (AvgIpc) is 2.94. The molecule has 1 fully saturated rings. The number of pyridine rings is 1. The summed E-state index contributed by atoms with van der Waals surface area (Å²) < 4.78 is 2.00. The van der Waals surface area contributed by atoms with Crippen LogP contribution in [0, 0.1) is 0 Å². The van der Waals surface area contributed by atoms with Crippen molar-refractivity contribution in [3.63, 3.8) is 0 Å². The van der Waals surface area contributed by atoms with Crippen molar-refractivity contribution in [1.82, 2.24) is 14.3 Å². The molecule has 0 saturated carbocycles. The van der Waals surface area contributed by atoms with Gasteiger partial charge in [0.15, 0.2) is 0 Å². The summed E-state index contributed by atoms with van der Waals surface area (Å²) in [6, 6.07) is 3.84. The summed E-state index contributed by atoms with van der Waals surface area (Å²) in [5.74, 6) is 0. The maximum absolute atomic E-state index is 5.95. The summed E-state index contributed by atoms with van der Waals surface area (Å²) >= 11 is 5.95. The molecule has 2 aromatic rings. The van der Waals surface area contributed by atoms with Crippen molar-refractivity contribution in [3.05, 3.63) is 35.2 Å². The number of hydrogen-bond donors (Lipinski definition) is 0. The molecule has 1 aliphatic heterocycles. The van der Waals surface area contributed by atoms with Crippen molar-refractivity contribution < 1.29 is 0 Å². The highest BCUT2D eigenvalue weighted by molar-refractivity contribution is 6.30. The third kappa shape index (κ3) is 2.45. The number of likely N-dealkylation sites (tertiary alicyclic amines) is 1. The minimum atomic E-state index is 0.751. The number of rotatable bonds is 3. The Morgan fingerprint density at radius 1 is 1.18 bits per heavy atom. The number of imidazole rings is 1. The molecule has 0 radical (unpaired) electrons. The first-order valence-corrected chi connectivity index (χ1v) is 6.54. The summed E-state index contributed by atoms with van der Waals surface area (Å²) in [5, 5.41) is 0.751. The molecule has 90 valence electrons. The van der Waals surface area contributed by atoms with Crippen LogP contribution in [0.5, 0.6) is 0 Å². The smallest absolute Gasteiger partial charge is 0.137 e. The number of nitrogens with zero attached hydrogens (tertiary/aromatic N) is 3. The lowest BCUT2D eigenvalue weighted by Gasteiger charge is -2.12. The van der Waals surface area contributed by atoms with Gasteiger partial charge in [-0.3, -0.25) is 0 Å². The lowest BCUT2D eigenvalue weighted by atomic mass is 10.3. The molecular weight excluding hydrogens is 234 g/mol.